The molecule has 2 aliphatic heterocycles. The van der Waals surface area contributed by atoms with Crippen LogP contribution in [0.4, 0.5) is 0 Å². The molecule has 0 radical (unpaired) electrons. The lowest BCUT2D eigenvalue weighted by Crippen LogP contribution is -2.47. The van der Waals surface area contributed by atoms with Crippen LogP contribution in [-0.2, 0) is 4.74 Å². The van der Waals surface area contributed by atoms with E-state index in [0.29, 0.717) is 6.54 Å². The summed E-state index contributed by atoms with van der Waals surface area (Å²) < 4.78 is 5.57. The van der Waals surface area contributed by atoms with Gasteiger partial charge in [-0.1, -0.05) is 0 Å². The van der Waals surface area contributed by atoms with Crippen LogP contribution in [0.3, 0.4) is 0 Å². The first kappa shape index (κ1) is 11.3. The summed E-state index contributed by atoms with van der Waals surface area (Å²) in [6, 6.07) is 0. The summed E-state index contributed by atoms with van der Waals surface area (Å²) in [5.74, 6) is 0.853. The molecular formula is C11H23N3O. The molecule has 2 atom stereocenters. The maximum absolute atomic E-state index is 5.64. The van der Waals surface area contributed by atoms with Gasteiger partial charge in [-0.05, 0) is 25.9 Å². The van der Waals surface area contributed by atoms with Crippen molar-refractivity contribution in [1.82, 2.24) is 9.80 Å². The smallest absolute Gasteiger partial charge is 0.0824 e. The SMILES string of the molecule is CN1CCC(CN2CCOC(CN)C2)C1. The topological polar surface area (TPSA) is 41.7 Å². The highest BCUT2D eigenvalue weighted by molar-refractivity contribution is 4.79. The van der Waals surface area contributed by atoms with Crippen LogP contribution in [0, 0.1) is 5.92 Å². The molecule has 15 heavy (non-hydrogen) atoms. The van der Waals surface area contributed by atoms with Crippen molar-refractivity contribution in [3.63, 3.8) is 0 Å². The summed E-state index contributed by atoms with van der Waals surface area (Å²) in [4.78, 5) is 4.94. The second kappa shape index (κ2) is 5.25. The first-order chi connectivity index (χ1) is 7.28. The van der Waals surface area contributed by atoms with Gasteiger partial charge in [-0.15, -0.1) is 0 Å². The zero-order valence-corrected chi connectivity index (χ0v) is 9.69. The Morgan fingerprint density at radius 1 is 1.33 bits per heavy atom. The maximum Gasteiger partial charge on any atom is 0.0824 e. The van der Waals surface area contributed by atoms with Gasteiger partial charge in [-0.25, -0.2) is 0 Å². The van der Waals surface area contributed by atoms with Crippen LogP contribution in [0.5, 0.6) is 0 Å². The fourth-order valence-electron chi connectivity index (χ4n) is 2.63. The maximum atomic E-state index is 5.64. The molecule has 4 heteroatoms. The average Bonchev–Trinajstić information content (AvgIpc) is 2.64. The van der Waals surface area contributed by atoms with Gasteiger partial charge in [0.2, 0.25) is 0 Å². The van der Waals surface area contributed by atoms with E-state index in [0.717, 1.165) is 25.6 Å². The van der Waals surface area contributed by atoms with Crippen LogP contribution in [-0.4, -0.2) is 68.8 Å². The van der Waals surface area contributed by atoms with Crippen LogP contribution in [0.1, 0.15) is 6.42 Å². The van der Waals surface area contributed by atoms with Crippen molar-refractivity contribution in [2.24, 2.45) is 11.7 Å². The molecule has 0 saturated carbocycles. The predicted octanol–water partition coefficient (Wildman–Crippen LogP) is -0.402. The summed E-state index contributed by atoms with van der Waals surface area (Å²) in [6.45, 7) is 7.35. The van der Waals surface area contributed by atoms with Crippen molar-refractivity contribution >= 4 is 0 Å². The van der Waals surface area contributed by atoms with Crippen LogP contribution >= 0.6 is 0 Å². The van der Waals surface area contributed by atoms with Gasteiger partial charge in [-0.2, -0.15) is 0 Å². The van der Waals surface area contributed by atoms with Crippen molar-refractivity contribution in [3.8, 4) is 0 Å². The number of nitrogens with zero attached hydrogens (tertiary/aromatic N) is 2. The minimum atomic E-state index is 0.262. The molecule has 0 aromatic carbocycles. The summed E-state index contributed by atoms with van der Waals surface area (Å²) >= 11 is 0. The molecule has 2 heterocycles. The molecule has 0 spiro atoms. The fourth-order valence-corrected chi connectivity index (χ4v) is 2.63. The van der Waals surface area contributed by atoms with E-state index in [9.17, 15) is 0 Å². The first-order valence-corrected chi connectivity index (χ1v) is 6.00. The third kappa shape index (κ3) is 3.14. The third-order valence-corrected chi connectivity index (χ3v) is 3.49. The molecule has 0 bridgehead atoms. The number of hydrogen-bond acceptors (Lipinski definition) is 4. The van der Waals surface area contributed by atoms with Crippen molar-refractivity contribution < 1.29 is 4.74 Å². The number of ether oxygens (including phenoxy) is 1. The lowest BCUT2D eigenvalue weighted by Gasteiger charge is -2.33. The molecule has 4 nitrogen and oxygen atoms in total. The van der Waals surface area contributed by atoms with Gasteiger partial charge in [0.05, 0.1) is 12.7 Å². The van der Waals surface area contributed by atoms with Crippen LogP contribution < -0.4 is 5.73 Å². The zero-order valence-electron chi connectivity index (χ0n) is 9.69. The molecule has 2 rings (SSSR count). The summed E-state index contributed by atoms with van der Waals surface area (Å²) in [7, 11) is 2.21. The lowest BCUT2D eigenvalue weighted by atomic mass is 10.1. The Morgan fingerprint density at radius 3 is 2.87 bits per heavy atom. The Morgan fingerprint density at radius 2 is 2.20 bits per heavy atom. The number of hydrogen-bond donors (Lipinski definition) is 1. The number of morpholine rings is 1. The third-order valence-electron chi connectivity index (χ3n) is 3.49. The van der Waals surface area contributed by atoms with Crippen LogP contribution in [0.25, 0.3) is 0 Å². The largest absolute Gasteiger partial charge is 0.374 e. The second-order valence-corrected chi connectivity index (χ2v) is 4.91. The molecule has 0 aromatic rings. The van der Waals surface area contributed by atoms with Gasteiger partial charge in [0.15, 0.2) is 0 Å². The van der Waals surface area contributed by atoms with E-state index in [1.54, 1.807) is 0 Å². The quantitative estimate of drug-likeness (QED) is 0.692. The highest BCUT2D eigenvalue weighted by atomic mass is 16.5. The Balaban J connectivity index is 1.74. The van der Waals surface area contributed by atoms with Gasteiger partial charge >= 0.3 is 0 Å². The first-order valence-electron chi connectivity index (χ1n) is 6.00. The molecular weight excluding hydrogens is 190 g/mol. The number of likely N-dealkylation sites (tertiary alicyclic amines) is 1. The number of nitrogens with two attached hydrogens (primary N) is 1. The van der Waals surface area contributed by atoms with E-state index in [1.165, 1.54) is 26.1 Å². The predicted molar refractivity (Wildman–Crippen MR) is 60.8 cm³/mol. The van der Waals surface area contributed by atoms with Gasteiger partial charge < -0.3 is 15.4 Å². The minimum Gasteiger partial charge on any atom is -0.374 e. The molecule has 2 saturated heterocycles. The molecule has 0 aliphatic carbocycles. The Labute approximate surface area is 92.4 Å². The molecule has 0 amide bonds. The van der Waals surface area contributed by atoms with Crippen molar-refractivity contribution in [1.29, 1.82) is 0 Å². The van der Waals surface area contributed by atoms with Gasteiger partial charge in [0, 0.05) is 32.7 Å². The van der Waals surface area contributed by atoms with Gasteiger partial charge in [0.25, 0.3) is 0 Å². The van der Waals surface area contributed by atoms with E-state index in [-0.39, 0.29) is 6.10 Å². The molecule has 2 fully saturated rings. The average molecular weight is 213 g/mol. The van der Waals surface area contributed by atoms with E-state index in [2.05, 4.69) is 16.8 Å². The number of rotatable bonds is 3. The molecule has 2 aliphatic rings. The standard InChI is InChI=1S/C11H23N3O/c1-13-3-2-10(7-13)8-14-4-5-15-11(6-12)9-14/h10-11H,2-9,12H2,1H3. The minimum absolute atomic E-state index is 0.262. The summed E-state index contributed by atoms with van der Waals surface area (Å²) in [6.07, 6.45) is 1.61. The van der Waals surface area contributed by atoms with Crippen molar-refractivity contribution in [3.05, 3.63) is 0 Å². The molecule has 0 aromatic heterocycles. The second-order valence-electron chi connectivity index (χ2n) is 4.91. The summed E-state index contributed by atoms with van der Waals surface area (Å²) in [5, 5.41) is 0. The van der Waals surface area contributed by atoms with E-state index in [1.807, 2.05) is 0 Å². The van der Waals surface area contributed by atoms with E-state index >= 15 is 0 Å². The Bertz CT molecular complexity index is 200. The Kier molecular flexibility index (Phi) is 3.97. The van der Waals surface area contributed by atoms with Crippen LogP contribution in [0.2, 0.25) is 0 Å². The molecule has 2 N–H and O–H groups in total. The lowest BCUT2D eigenvalue weighted by molar-refractivity contribution is -0.0272. The molecule has 88 valence electrons. The van der Waals surface area contributed by atoms with Gasteiger partial charge in [-0.3, -0.25) is 4.90 Å². The van der Waals surface area contributed by atoms with Crippen LogP contribution in [0.15, 0.2) is 0 Å². The normalized spacial score (nSPS) is 34.8. The highest BCUT2D eigenvalue weighted by Gasteiger charge is 2.25. The van der Waals surface area contributed by atoms with E-state index < -0.39 is 0 Å². The van der Waals surface area contributed by atoms with Crippen molar-refractivity contribution in [2.75, 3.05) is 52.9 Å². The van der Waals surface area contributed by atoms with Gasteiger partial charge in [0.1, 0.15) is 0 Å². The monoisotopic (exact) mass is 213 g/mol. The fraction of sp³-hybridized carbons (Fsp3) is 1.00. The molecule has 2 unspecified atom stereocenters. The highest BCUT2D eigenvalue weighted by Crippen LogP contribution is 2.17. The zero-order chi connectivity index (χ0) is 10.7. The van der Waals surface area contributed by atoms with Crippen molar-refractivity contribution in [2.45, 2.75) is 12.5 Å². The Hall–Kier alpha value is -0.160. The summed E-state index contributed by atoms with van der Waals surface area (Å²) in [5.41, 5.74) is 5.64. The van der Waals surface area contributed by atoms with E-state index in [4.69, 9.17) is 10.5 Å².